The molecule has 182 valence electrons. The number of ether oxygens (including phenoxy) is 2. The van der Waals surface area contributed by atoms with E-state index in [4.69, 9.17) is 21.1 Å². The van der Waals surface area contributed by atoms with Crippen LogP contribution in [0.2, 0.25) is 5.02 Å². The lowest BCUT2D eigenvalue weighted by atomic mass is 9.60. The number of hydrogen-bond acceptors (Lipinski definition) is 5. The maximum atomic E-state index is 13.5. The van der Waals surface area contributed by atoms with Gasteiger partial charge in [-0.2, -0.15) is 0 Å². The van der Waals surface area contributed by atoms with E-state index in [1.54, 1.807) is 0 Å². The summed E-state index contributed by atoms with van der Waals surface area (Å²) in [7, 11) is 0. The van der Waals surface area contributed by atoms with E-state index < -0.39 is 34.7 Å². The molecule has 0 heterocycles. The summed E-state index contributed by atoms with van der Waals surface area (Å²) >= 11 is 5.64. The summed E-state index contributed by atoms with van der Waals surface area (Å²) in [4.78, 5) is 24.9. The molecule has 2 aromatic rings. The zero-order valence-corrected chi connectivity index (χ0v) is 19.0. The SMILES string of the molecule is O=C(COc1ccc(F)cc1)NC12CCC(NC(=O)COc3ccc(Cl)c(F)c3)(CC1)[C@@H](O)C2. The molecule has 0 aromatic heterocycles. The van der Waals surface area contributed by atoms with Crippen LogP contribution < -0.4 is 20.1 Å². The highest BCUT2D eigenvalue weighted by Crippen LogP contribution is 2.47. The number of rotatable bonds is 8. The van der Waals surface area contributed by atoms with Crippen molar-refractivity contribution >= 4 is 23.4 Å². The van der Waals surface area contributed by atoms with E-state index >= 15 is 0 Å². The lowest BCUT2D eigenvalue weighted by Gasteiger charge is -2.56. The molecule has 2 aromatic carbocycles. The molecule has 7 nitrogen and oxygen atoms in total. The largest absolute Gasteiger partial charge is 0.484 e. The zero-order chi connectivity index (χ0) is 24.3. The molecule has 0 aliphatic heterocycles. The molecule has 34 heavy (non-hydrogen) atoms. The molecule has 3 aliphatic rings. The monoisotopic (exact) mass is 494 g/mol. The number of nitrogens with one attached hydrogen (secondary N) is 2. The van der Waals surface area contributed by atoms with Gasteiger partial charge in [-0.05, 0) is 68.5 Å². The van der Waals surface area contributed by atoms with Crippen LogP contribution in [0.5, 0.6) is 11.5 Å². The lowest BCUT2D eigenvalue weighted by molar-refractivity contribution is -0.137. The average molecular weight is 495 g/mol. The van der Waals surface area contributed by atoms with Crippen LogP contribution >= 0.6 is 11.6 Å². The second-order valence-electron chi connectivity index (χ2n) is 8.86. The van der Waals surface area contributed by atoms with Gasteiger partial charge >= 0.3 is 0 Å². The topological polar surface area (TPSA) is 96.9 Å². The van der Waals surface area contributed by atoms with Crippen LogP contribution in [0.3, 0.4) is 0 Å². The third-order valence-electron chi connectivity index (χ3n) is 6.56. The number of carbonyl (C=O) groups excluding carboxylic acids is 2. The quantitative estimate of drug-likeness (QED) is 0.524. The van der Waals surface area contributed by atoms with Crippen molar-refractivity contribution in [3.05, 3.63) is 59.1 Å². The fourth-order valence-corrected chi connectivity index (χ4v) is 4.82. The maximum Gasteiger partial charge on any atom is 0.258 e. The van der Waals surface area contributed by atoms with Crippen LogP contribution in [0, 0.1) is 11.6 Å². The second kappa shape index (κ2) is 9.76. The van der Waals surface area contributed by atoms with Gasteiger partial charge in [0, 0.05) is 11.6 Å². The number of aliphatic hydroxyl groups excluding tert-OH is 1. The third kappa shape index (κ3) is 5.42. The smallest absolute Gasteiger partial charge is 0.258 e. The Kier molecular flexibility index (Phi) is 6.95. The second-order valence-corrected chi connectivity index (χ2v) is 9.27. The number of fused-ring (bicyclic) bond motifs is 3. The van der Waals surface area contributed by atoms with Gasteiger partial charge in [0.25, 0.3) is 11.8 Å². The fraction of sp³-hybridized carbons (Fsp3) is 0.417. The van der Waals surface area contributed by atoms with Crippen molar-refractivity contribution in [2.45, 2.75) is 49.3 Å². The lowest BCUT2D eigenvalue weighted by Crippen LogP contribution is -2.70. The van der Waals surface area contributed by atoms with Crippen molar-refractivity contribution in [3.63, 3.8) is 0 Å². The Hall–Kier alpha value is -2.91. The summed E-state index contributed by atoms with van der Waals surface area (Å²) in [6.07, 6.45) is 1.55. The summed E-state index contributed by atoms with van der Waals surface area (Å²) in [5, 5.41) is 16.6. The highest BCUT2D eigenvalue weighted by Gasteiger charge is 2.55. The number of carbonyl (C=O) groups is 2. The molecule has 0 unspecified atom stereocenters. The molecule has 3 aliphatic carbocycles. The molecular formula is C24H25ClF2N2O5. The van der Waals surface area contributed by atoms with E-state index in [9.17, 15) is 23.5 Å². The van der Waals surface area contributed by atoms with Gasteiger partial charge < -0.3 is 25.2 Å². The first-order valence-corrected chi connectivity index (χ1v) is 11.3. The van der Waals surface area contributed by atoms with Gasteiger partial charge in [-0.15, -0.1) is 0 Å². The molecule has 3 fully saturated rings. The summed E-state index contributed by atoms with van der Waals surface area (Å²) in [5.74, 6) is -1.25. The minimum atomic E-state index is -0.856. The first-order valence-electron chi connectivity index (χ1n) is 11.0. The van der Waals surface area contributed by atoms with Gasteiger partial charge in [-0.25, -0.2) is 8.78 Å². The zero-order valence-electron chi connectivity index (χ0n) is 18.3. The molecule has 2 amide bonds. The Balaban J connectivity index is 1.27. The molecule has 5 rings (SSSR count). The molecule has 1 atom stereocenters. The Bertz CT molecular complexity index is 1060. The molecule has 0 radical (unpaired) electrons. The molecule has 0 spiro atoms. The summed E-state index contributed by atoms with van der Waals surface area (Å²) in [6, 6.07) is 9.28. The molecule has 3 saturated carbocycles. The first kappa shape index (κ1) is 24.2. The summed E-state index contributed by atoms with van der Waals surface area (Å²) in [6.45, 7) is -0.563. The van der Waals surface area contributed by atoms with Crippen molar-refractivity contribution in [1.82, 2.24) is 10.6 Å². The minimum absolute atomic E-state index is 0.0409. The Morgan fingerprint density at radius 2 is 1.53 bits per heavy atom. The van der Waals surface area contributed by atoms with E-state index in [1.165, 1.54) is 36.4 Å². The number of hydrogen-bond donors (Lipinski definition) is 3. The van der Waals surface area contributed by atoms with Crippen molar-refractivity contribution in [1.29, 1.82) is 0 Å². The Morgan fingerprint density at radius 3 is 2.15 bits per heavy atom. The van der Waals surface area contributed by atoms with Gasteiger partial charge in [-0.3, -0.25) is 9.59 Å². The predicted octanol–water partition coefficient (Wildman–Crippen LogP) is 3.12. The number of amides is 2. The van der Waals surface area contributed by atoms with E-state index in [-0.39, 0.29) is 29.9 Å². The van der Waals surface area contributed by atoms with Gasteiger partial charge in [0.05, 0.1) is 16.7 Å². The van der Waals surface area contributed by atoms with Crippen LogP contribution in [0.15, 0.2) is 42.5 Å². The summed E-state index contributed by atoms with van der Waals surface area (Å²) < 4.78 is 37.2. The molecule has 10 heteroatoms. The van der Waals surface area contributed by atoms with Crippen molar-refractivity contribution in [3.8, 4) is 11.5 Å². The van der Waals surface area contributed by atoms with E-state index in [1.807, 2.05) is 0 Å². The van der Waals surface area contributed by atoms with Crippen LogP contribution in [-0.2, 0) is 9.59 Å². The molecule has 3 N–H and O–H groups in total. The number of halogens is 3. The molecule has 2 bridgehead atoms. The number of benzene rings is 2. The van der Waals surface area contributed by atoms with Crippen LogP contribution in [0.4, 0.5) is 8.78 Å². The molecule has 0 saturated heterocycles. The summed E-state index contributed by atoms with van der Waals surface area (Å²) in [5.41, 5.74) is -1.38. The van der Waals surface area contributed by atoms with Crippen molar-refractivity contribution < 1.29 is 33.0 Å². The van der Waals surface area contributed by atoms with E-state index in [2.05, 4.69) is 10.6 Å². The Labute approximate surface area is 200 Å². The van der Waals surface area contributed by atoms with Crippen molar-refractivity contribution in [2.75, 3.05) is 13.2 Å². The van der Waals surface area contributed by atoms with E-state index in [0.717, 1.165) is 6.07 Å². The normalized spacial score (nSPS) is 25.5. The van der Waals surface area contributed by atoms with Crippen molar-refractivity contribution in [2.24, 2.45) is 0 Å². The third-order valence-corrected chi connectivity index (χ3v) is 6.87. The first-order chi connectivity index (χ1) is 16.2. The number of aliphatic hydroxyl groups is 1. The highest BCUT2D eigenvalue weighted by molar-refractivity contribution is 6.30. The van der Waals surface area contributed by atoms with Gasteiger partial charge in [0.15, 0.2) is 13.2 Å². The van der Waals surface area contributed by atoms with Gasteiger partial charge in [0.1, 0.15) is 23.1 Å². The fourth-order valence-electron chi connectivity index (χ4n) is 4.70. The van der Waals surface area contributed by atoms with Gasteiger partial charge in [0.2, 0.25) is 0 Å². The predicted molar refractivity (Wildman–Crippen MR) is 120 cm³/mol. The minimum Gasteiger partial charge on any atom is -0.484 e. The van der Waals surface area contributed by atoms with Crippen LogP contribution in [-0.4, -0.2) is 47.3 Å². The van der Waals surface area contributed by atoms with E-state index in [0.29, 0.717) is 37.9 Å². The molecular weight excluding hydrogens is 470 g/mol. The standard InChI is InChI=1S/C24H25ClF2N2O5/c25-18-6-5-17(11-19(18)27)34-14-22(32)29-24-9-7-23(8-10-24,12-20(24)30)28-21(31)13-33-16-3-1-15(26)2-4-16/h1-6,11,20,30H,7-10,12-14H2,(H,28,31)(H,29,32)/t20-,23?,24?/m0/s1. The van der Waals surface area contributed by atoms with Crippen LogP contribution in [0.1, 0.15) is 32.1 Å². The average Bonchev–Trinajstić information content (AvgIpc) is 2.81. The maximum absolute atomic E-state index is 13.5. The Morgan fingerprint density at radius 1 is 0.941 bits per heavy atom. The highest BCUT2D eigenvalue weighted by atomic mass is 35.5. The van der Waals surface area contributed by atoms with Gasteiger partial charge in [-0.1, -0.05) is 11.6 Å². The van der Waals surface area contributed by atoms with Crippen LogP contribution in [0.25, 0.3) is 0 Å².